The molecule has 1 unspecified atom stereocenters. The number of benzene rings is 1. The van der Waals surface area contributed by atoms with Gasteiger partial charge in [-0.05, 0) is 44.2 Å². The molecule has 0 saturated carbocycles. The third-order valence-corrected chi connectivity index (χ3v) is 3.84. The summed E-state index contributed by atoms with van der Waals surface area (Å²) in [4.78, 5) is 8.92. The van der Waals surface area contributed by atoms with Crippen molar-refractivity contribution in [2.75, 3.05) is 12.4 Å². The van der Waals surface area contributed by atoms with E-state index in [1.165, 1.54) is 19.4 Å². The molecule has 3 aromatic rings. The van der Waals surface area contributed by atoms with Crippen molar-refractivity contribution in [3.8, 4) is 17.0 Å². The number of ether oxygens (including phenoxy) is 1. The molecule has 0 saturated heterocycles. The summed E-state index contributed by atoms with van der Waals surface area (Å²) >= 11 is 0. The molecule has 0 amide bonds. The number of aromatic nitrogens is 4. The van der Waals surface area contributed by atoms with Gasteiger partial charge in [-0.2, -0.15) is 5.10 Å². The SMILES string of the molecule is COc1ccc(-c2cnnc(NC(C)Cc3cccc(C)n3)n2)cc1F. The lowest BCUT2D eigenvalue weighted by molar-refractivity contribution is 0.386. The van der Waals surface area contributed by atoms with Crippen LogP contribution in [0.2, 0.25) is 0 Å². The summed E-state index contributed by atoms with van der Waals surface area (Å²) in [5, 5.41) is 11.2. The topological polar surface area (TPSA) is 72.8 Å². The van der Waals surface area contributed by atoms with Crippen molar-refractivity contribution in [1.82, 2.24) is 20.2 Å². The molecule has 2 heterocycles. The minimum absolute atomic E-state index is 0.0638. The van der Waals surface area contributed by atoms with Crippen LogP contribution in [0.1, 0.15) is 18.3 Å². The van der Waals surface area contributed by atoms with Gasteiger partial charge >= 0.3 is 0 Å². The summed E-state index contributed by atoms with van der Waals surface area (Å²) in [5.74, 6) is 0.129. The van der Waals surface area contributed by atoms with E-state index in [2.05, 4.69) is 25.5 Å². The number of rotatable bonds is 6. The van der Waals surface area contributed by atoms with Gasteiger partial charge in [0.1, 0.15) is 0 Å². The highest BCUT2D eigenvalue weighted by atomic mass is 19.1. The normalized spacial score (nSPS) is 11.8. The van der Waals surface area contributed by atoms with Crippen LogP contribution in [0.25, 0.3) is 11.3 Å². The number of anilines is 1. The molecular weight excluding hydrogens is 333 g/mol. The average Bonchev–Trinajstić information content (AvgIpc) is 2.61. The van der Waals surface area contributed by atoms with Gasteiger partial charge in [0.15, 0.2) is 11.6 Å². The largest absolute Gasteiger partial charge is 0.494 e. The van der Waals surface area contributed by atoms with Gasteiger partial charge in [0.25, 0.3) is 0 Å². The van der Waals surface area contributed by atoms with Gasteiger partial charge in [-0.1, -0.05) is 6.07 Å². The summed E-state index contributed by atoms with van der Waals surface area (Å²) in [6, 6.07) is 10.7. The first kappa shape index (κ1) is 17.7. The highest BCUT2D eigenvalue weighted by Crippen LogP contribution is 2.24. The summed E-state index contributed by atoms with van der Waals surface area (Å²) in [6.07, 6.45) is 2.23. The van der Waals surface area contributed by atoms with Crippen molar-refractivity contribution in [2.24, 2.45) is 0 Å². The molecule has 7 heteroatoms. The maximum absolute atomic E-state index is 13.9. The third kappa shape index (κ3) is 4.30. The van der Waals surface area contributed by atoms with Gasteiger partial charge < -0.3 is 10.1 Å². The molecule has 0 aliphatic rings. The zero-order valence-corrected chi connectivity index (χ0v) is 14.9. The molecular formula is C19H20FN5O. The molecule has 6 nitrogen and oxygen atoms in total. The van der Waals surface area contributed by atoms with Gasteiger partial charge in [-0.25, -0.2) is 9.37 Å². The molecule has 0 spiro atoms. The Morgan fingerprint density at radius 1 is 1.19 bits per heavy atom. The van der Waals surface area contributed by atoms with Gasteiger partial charge in [0.2, 0.25) is 5.95 Å². The smallest absolute Gasteiger partial charge is 0.243 e. The number of halogens is 1. The van der Waals surface area contributed by atoms with Crippen molar-refractivity contribution < 1.29 is 9.13 Å². The highest BCUT2D eigenvalue weighted by molar-refractivity contribution is 5.60. The number of hydrogen-bond acceptors (Lipinski definition) is 6. The number of nitrogens with one attached hydrogen (secondary N) is 1. The Labute approximate surface area is 151 Å². The van der Waals surface area contributed by atoms with Crippen molar-refractivity contribution in [1.29, 1.82) is 0 Å². The lowest BCUT2D eigenvalue weighted by Gasteiger charge is -2.13. The third-order valence-electron chi connectivity index (χ3n) is 3.84. The van der Waals surface area contributed by atoms with E-state index in [9.17, 15) is 4.39 Å². The van der Waals surface area contributed by atoms with Crippen LogP contribution in [0.5, 0.6) is 5.75 Å². The first-order chi connectivity index (χ1) is 12.5. The second-order valence-electron chi connectivity index (χ2n) is 6.03. The fourth-order valence-corrected chi connectivity index (χ4v) is 2.63. The van der Waals surface area contributed by atoms with Crippen LogP contribution in [-0.4, -0.2) is 33.3 Å². The Kier molecular flexibility index (Phi) is 5.36. The van der Waals surface area contributed by atoms with E-state index >= 15 is 0 Å². The molecule has 1 aromatic carbocycles. The molecule has 0 bridgehead atoms. The van der Waals surface area contributed by atoms with Crippen LogP contribution in [0, 0.1) is 12.7 Å². The molecule has 134 valence electrons. The Morgan fingerprint density at radius 3 is 2.77 bits per heavy atom. The predicted molar refractivity (Wildman–Crippen MR) is 97.5 cm³/mol. The van der Waals surface area contributed by atoms with E-state index < -0.39 is 5.82 Å². The second kappa shape index (κ2) is 7.86. The molecule has 1 N–H and O–H groups in total. The molecule has 2 aromatic heterocycles. The Hall–Kier alpha value is -3.09. The van der Waals surface area contributed by atoms with E-state index in [4.69, 9.17) is 4.74 Å². The lowest BCUT2D eigenvalue weighted by atomic mass is 10.1. The number of methoxy groups -OCH3 is 1. The summed E-state index contributed by atoms with van der Waals surface area (Å²) < 4.78 is 18.8. The van der Waals surface area contributed by atoms with Crippen molar-refractivity contribution in [2.45, 2.75) is 26.3 Å². The van der Waals surface area contributed by atoms with Gasteiger partial charge in [-0.3, -0.25) is 4.98 Å². The minimum Gasteiger partial charge on any atom is -0.494 e. The predicted octanol–water partition coefficient (Wildman–Crippen LogP) is 3.43. The number of pyridine rings is 1. The average molecular weight is 353 g/mol. The fraction of sp³-hybridized carbons (Fsp3) is 0.263. The zero-order chi connectivity index (χ0) is 18.5. The summed E-state index contributed by atoms with van der Waals surface area (Å²) in [6.45, 7) is 3.99. The van der Waals surface area contributed by atoms with Crippen molar-refractivity contribution >= 4 is 5.95 Å². The first-order valence-corrected chi connectivity index (χ1v) is 8.28. The number of aryl methyl sites for hydroxylation is 1. The van der Waals surface area contributed by atoms with Crippen LogP contribution in [0.3, 0.4) is 0 Å². The molecule has 0 aliphatic carbocycles. The Balaban J connectivity index is 1.73. The van der Waals surface area contributed by atoms with Gasteiger partial charge in [0, 0.05) is 29.4 Å². The number of nitrogens with zero attached hydrogens (tertiary/aromatic N) is 4. The van der Waals surface area contributed by atoms with E-state index in [1.807, 2.05) is 32.0 Å². The maximum atomic E-state index is 13.9. The summed E-state index contributed by atoms with van der Waals surface area (Å²) in [7, 11) is 1.43. The molecule has 1 atom stereocenters. The quantitative estimate of drug-likeness (QED) is 0.732. The number of hydrogen-bond donors (Lipinski definition) is 1. The van der Waals surface area contributed by atoms with E-state index in [0.717, 1.165) is 17.8 Å². The zero-order valence-electron chi connectivity index (χ0n) is 14.9. The monoisotopic (exact) mass is 353 g/mol. The lowest BCUT2D eigenvalue weighted by Crippen LogP contribution is -2.20. The highest BCUT2D eigenvalue weighted by Gasteiger charge is 2.10. The van der Waals surface area contributed by atoms with E-state index in [1.54, 1.807) is 12.1 Å². The first-order valence-electron chi connectivity index (χ1n) is 8.28. The van der Waals surface area contributed by atoms with Crippen molar-refractivity contribution in [3.63, 3.8) is 0 Å². The summed E-state index contributed by atoms with van der Waals surface area (Å²) in [5.41, 5.74) is 3.11. The van der Waals surface area contributed by atoms with Crippen LogP contribution >= 0.6 is 0 Å². The molecule has 0 radical (unpaired) electrons. The standard InChI is InChI=1S/C19H20FN5O/c1-12-5-4-6-15(22-12)9-13(2)23-19-24-17(11-21-25-19)14-7-8-18(26-3)16(20)10-14/h4-8,10-11,13H,9H2,1-3H3,(H,23,24,25). The van der Waals surface area contributed by atoms with Gasteiger partial charge in [-0.15, -0.1) is 5.10 Å². The molecule has 0 aliphatic heterocycles. The van der Waals surface area contributed by atoms with Crippen molar-refractivity contribution in [3.05, 3.63) is 59.8 Å². The van der Waals surface area contributed by atoms with E-state index in [-0.39, 0.29) is 11.8 Å². The van der Waals surface area contributed by atoms with Crippen LogP contribution in [-0.2, 0) is 6.42 Å². The molecule has 26 heavy (non-hydrogen) atoms. The minimum atomic E-state index is -0.447. The maximum Gasteiger partial charge on any atom is 0.243 e. The molecule has 0 fully saturated rings. The van der Waals surface area contributed by atoms with Gasteiger partial charge in [0.05, 0.1) is 19.0 Å². The van der Waals surface area contributed by atoms with Crippen LogP contribution in [0.4, 0.5) is 10.3 Å². The Bertz CT molecular complexity index is 903. The van der Waals surface area contributed by atoms with Crippen LogP contribution in [0.15, 0.2) is 42.6 Å². The van der Waals surface area contributed by atoms with Crippen LogP contribution < -0.4 is 10.1 Å². The second-order valence-corrected chi connectivity index (χ2v) is 6.03. The Morgan fingerprint density at radius 2 is 2.04 bits per heavy atom. The van der Waals surface area contributed by atoms with E-state index in [0.29, 0.717) is 17.2 Å². The molecule has 3 rings (SSSR count). The fourth-order valence-electron chi connectivity index (χ4n) is 2.63.